The maximum absolute atomic E-state index is 12.0. The van der Waals surface area contributed by atoms with Crippen LogP contribution in [0.2, 0.25) is 5.02 Å². The van der Waals surface area contributed by atoms with Crippen molar-refractivity contribution >= 4 is 34.8 Å². The predicted octanol–water partition coefficient (Wildman–Crippen LogP) is 0.994. The first-order chi connectivity index (χ1) is 9.97. The number of carbonyl (C=O) groups is 2. The summed E-state index contributed by atoms with van der Waals surface area (Å²) in [5.41, 5.74) is 1.73. The summed E-state index contributed by atoms with van der Waals surface area (Å²) in [6.07, 6.45) is -0.326. The Bertz CT molecular complexity index is 620. The molecule has 2 heterocycles. The van der Waals surface area contributed by atoms with E-state index in [1.54, 1.807) is 24.1 Å². The van der Waals surface area contributed by atoms with Gasteiger partial charge in [0.15, 0.2) is 6.10 Å². The summed E-state index contributed by atoms with van der Waals surface area (Å²) >= 11 is 6.27. The first-order valence-corrected chi connectivity index (χ1v) is 7.16. The molecule has 1 atom stereocenters. The highest BCUT2D eigenvalue weighted by Gasteiger charge is 2.31. The molecule has 3 rings (SSSR count). The van der Waals surface area contributed by atoms with E-state index in [4.69, 9.17) is 11.6 Å². The molecule has 112 valence electrons. The van der Waals surface area contributed by atoms with Gasteiger partial charge in [0.05, 0.1) is 17.3 Å². The summed E-state index contributed by atoms with van der Waals surface area (Å²) in [4.78, 5) is 27.1. The molecule has 1 aromatic carbocycles. The number of carbonyl (C=O) groups excluding carboxylic acids is 2. The van der Waals surface area contributed by atoms with Crippen LogP contribution in [-0.2, 0) is 9.59 Å². The number of nitrogens with one attached hydrogen (secondary N) is 1. The Balaban J connectivity index is 1.95. The van der Waals surface area contributed by atoms with Gasteiger partial charge in [0.2, 0.25) is 5.91 Å². The number of anilines is 2. The van der Waals surface area contributed by atoms with Crippen LogP contribution in [0, 0.1) is 0 Å². The van der Waals surface area contributed by atoms with Gasteiger partial charge in [-0.05, 0) is 18.6 Å². The number of halogens is 1. The summed E-state index contributed by atoms with van der Waals surface area (Å²) in [6.45, 7) is 1.68. The van der Waals surface area contributed by atoms with Crippen LogP contribution in [0.4, 0.5) is 11.4 Å². The third-order valence-corrected chi connectivity index (χ3v) is 4.24. The van der Waals surface area contributed by atoms with Crippen LogP contribution in [0.15, 0.2) is 12.1 Å². The Hall–Kier alpha value is -1.79. The van der Waals surface area contributed by atoms with E-state index in [-0.39, 0.29) is 12.5 Å². The van der Waals surface area contributed by atoms with Crippen molar-refractivity contribution in [3.05, 3.63) is 22.7 Å². The third-order valence-electron chi connectivity index (χ3n) is 3.93. The fourth-order valence-corrected chi connectivity index (χ4v) is 2.98. The van der Waals surface area contributed by atoms with Gasteiger partial charge in [-0.1, -0.05) is 11.6 Å². The van der Waals surface area contributed by atoms with Crippen LogP contribution >= 0.6 is 11.6 Å². The van der Waals surface area contributed by atoms with Crippen LogP contribution in [0.5, 0.6) is 0 Å². The molecule has 0 bridgehead atoms. The monoisotopic (exact) mass is 309 g/mol. The van der Waals surface area contributed by atoms with Crippen molar-refractivity contribution in [2.75, 3.05) is 36.9 Å². The standard InChI is InChI=1S/C14H16ClN3O3/c1-17-3-2-4-18(7-12(17)19)11-6-10-8(5-9(11)15)13(20)14(21)16-10/h5-6,13,20H,2-4,7H2,1H3,(H,16,21). The minimum atomic E-state index is -1.18. The molecule has 1 unspecified atom stereocenters. The summed E-state index contributed by atoms with van der Waals surface area (Å²) < 4.78 is 0. The van der Waals surface area contributed by atoms with E-state index in [2.05, 4.69) is 5.32 Å². The highest BCUT2D eigenvalue weighted by atomic mass is 35.5. The third kappa shape index (κ3) is 2.45. The number of likely N-dealkylation sites (N-methyl/N-ethyl adjacent to an activating group) is 1. The molecule has 2 N–H and O–H groups in total. The van der Waals surface area contributed by atoms with E-state index < -0.39 is 12.0 Å². The van der Waals surface area contributed by atoms with Crippen LogP contribution in [0.25, 0.3) is 0 Å². The maximum Gasteiger partial charge on any atom is 0.257 e. The second kappa shape index (κ2) is 5.20. The second-order valence-corrected chi connectivity index (χ2v) is 5.78. The zero-order valence-corrected chi connectivity index (χ0v) is 12.4. The summed E-state index contributed by atoms with van der Waals surface area (Å²) in [7, 11) is 1.78. The summed E-state index contributed by atoms with van der Waals surface area (Å²) in [6, 6.07) is 3.32. The molecule has 1 aromatic rings. The number of rotatable bonds is 1. The molecule has 0 aromatic heterocycles. The van der Waals surface area contributed by atoms with Crippen LogP contribution in [0.3, 0.4) is 0 Å². The number of benzene rings is 1. The number of hydrogen-bond donors (Lipinski definition) is 2. The molecule has 7 heteroatoms. The van der Waals surface area contributed by atoms with Gasteiger partial charge < -0.3 is 20.2 Å². The molecule has 1 saturated heterocycles. The highest BCUT2D eigenvalue weighted by Crippen LogP contribution is 2.39. The van der Waals surface area contributed by atoms with Gasteiger partial charge in [0.1, 0.15) is 0 Å². The lowest BCUT2D eigenvalue weighted by Gasteiger charge is -2.24. The Morgan fingerprint density at radius 3 is 2.86 bits per heavy atom. The molecule has 0 aliphatic carbocycles. The van der Waals surface area contributed by atoms with Gasteiger partial charge in [-0.2, -0.15) is 0 Å². The quantitative estimate of drug-likeness (QED) is 0.811. The molecule has 2 amide bonds. The van der Waals surface area contributed by atoms with Gasteiger partial charge in [0, 0.05) is 31.4 Å². The van der Waals surface area contributed by atoms with Crippen molar-refractivity contribution in [2.45, 2.75) is 12.5 Å². The van der Waals surface area contributed by atoms with Gasteiger partial charge in [-0.15, -0.1) is 0 Å². The van der Waals surface area contributed by atoms with Gasteiger partial charge >= 0.3 is 0 Å². The van der Waals surface area contributed by atoms with E-state index >= 15 is 0 Å². The van der Waals surface area contributed by atoms with Crippen molar-refractivity contribution in [2.24, 2.45) is 0 Å². The maximum atomic E-state index is 12.0. The zero-order chi connectivity index (χ0) is 15.1. The number of nitrogens with zero attached hydrogens (tertiary/aromatic N) is 2. The molecule has 0 saturated carbocycles. The van der Waals surface area contributed by atoms with Crippen molar-refractivity contribution < 1.29 is 14.7 Å². The minimum Gasteiger partial charge on any atom is -0.378 e. The zero-order valence-electron chi connectivity index (χ0n) is 11.6. The Kier molecular flexibility index (Phi) is 3.51. The van der Waals surface area contributed by atoms with Gasteiger partial charge in [-0.3, -0.25) is 9.59 Å². The molecule has 6 nitrogen and oxygen atoms in total. The predicted molar refractivity (Wildman–Crippen MR) is 79.5 cm³/mol. The molecule has 21 heavy (non-hydrogen) atoms. The summed E-state index contributed by atoms with van der Waals surface area (Å²) in [5.74, 6) is -0.418. The lowest BCUT2D eigenvalue weighted by atomic mass is 10.1. The lowest BCUT2D eigenvalue weighted by molar-refractivity contribution is -0.128. The van der Waals surface area contributed by atoms with E-state index in [0.717, 1.165) is 6.42 Å². The number of hydrogen-bond acceptors (Lipinski definition) is 4. The Morgan fingerprint density at radius 2 is 2.10 bits per heavy atom. The average molecular weight is 310 g/mol. The molecular formula is C14H16ClN3O3. The fraction of sp³-hybridized carbons (Fsp3) is 0.429. The number of aliphatic hydroxyl groups is 1. The van der Waals surface area contributed by atoms with Crippen LogP contribution < -0.4 is 10.2 Å². The number of aliphatic hydroxyl groups excluding tert-OH is 1. The van der Waals surface area contributed by atoms with Gasteiger partial charge in [-0.25, -0.2) is 0 Å². The van der Waals surface area contributed by atoms with Crippen molar-refractivity contribution in [1.29, 1.82) is 0 Å². The largest absolute Gasteiger partial charge is 0.378 e. The topological polar surface area (TPSA) is 72.9 Å². The van der Waals surface area contributed by atoms with E-state index in [0.29, 0.717) is 35.1 Å². The average Bonchev–Trinajstić information content (AvgIpc) is 2.61. The summed E-state index contributed by atoms with van der Waals surface area (Å²) in [5, 5.41) is 12.8. The molecule has 2 aliphatic rings. The first-order valence-electron chi connectivity index (χ1n) is 6.78. The first kappa shape index (κ1) is 14.2. The van der Waals surface area contributed by atoms with Crippen molar-refractivity contribution in [3.63, 3.8) is 0 Å². The van der Waals surface area contributed by atoms with E-state index in [1.807, 2.05) is 4.90 Å². The normalized spacial score (nSPS) is 22.1. The Labute approximate surface area is 127 Å². The van der Waals surface area contributed by atoms with Crippen LogP contribution in [-0.4, -0.2) is 48.5 Å². The smallest absolute Gasteiger partial charge is 0.257 e. The second-order valence-electron chi connectivity index (χ2n) is 5.37. The Morgan fingerprint density at radius 1 is 1.33 bits per heavy atom. The highest BCUT2D eigenvalue weighted by molar-refractivity contribution is 6.33. The fourth-order valence-electron chi connectivity index (χ4n) is 2.69. The lowest BCUT2D eigenvalue weighted by Crippen LogP contribution is -2.34. The minimum absolute atomic E-state index is 0.0353. The van der Waals surface area contributed by atoms with Gasteiger partial charge in [0.25, 0.3) is 5.91 Å². The number of fused-ring (bicyclic) bond motifs is 1. The molecule has 2 aliphatic heterocycles. The SMILES string of the molecule is CN1CCCN(c2cc3c(cc2Cl)C(O)C(=O)N3)CC1=O. The molecule has 0 spiro atoms. The van der Waals surface area contributed by atoms with Crippen LogP contribution in [0.1, 0.15) is 18.1 Å². The molecule has 0 radical (unpaired) electrons. The molecular weight excluding hydrogens is 294 g/mol. The van der Waals surface area contributed by atoms with Crippen molar-refractivity contribution in [1.82, 2.24) is 4.90 Å². The number of amides is 2. The molecule has 1 fully saturated rings. The van der Waals surface area contributed by atoms with E-state index in [9.17, 15) is 14.7 Å². The van der Waals surface area contributed by atoms with Crippen molar-refractivity contribution in [3.8, 4) is 0 Å². The van der Waals surface area contributed by atoms with E-state index in [1.165, 1.54) is 0 Å².